The normalized spacial score (nSPS) is 17.0. The summed E-state index contributed by atoms with van der Waals surface area (Å²) in [4.78, 5) is 23.0. The fourth-order valence-corrected chi connectivity index (χ4v) is 7.61. The number of hydrogen-bond donors (Lipinski definition) is 2. The van der Waals surface area contributed by atoms with Gasteiger partial charge in [0.2, 0.25) is 5.95 Å². The van der Waals surface area contributed by atoms with Gasteiger partial charge in [0.05, 0.1) is 33.8 Å². The standard InChI is InChI=1S/C31H38BrN8O3P/c1-19-14-25(27(42-3)15-26(19)43-21-8-12-40(13-9-21)20-17-39(2)18-20)37-31-35-16-22(32)30(38-31)36-24-7-6-23-28(34-11-10-33-23)29(24)44(4,5)41/h6-7,10-11,14-16,20-21H,8-9,12-13,17-18H2,1-5H3,(H2,35,36,37,38). The van der Waals surface area contributed by atoms with Gasteiger partial charge >= 0.3 is 0 Å². The van der Waals surface area contributed by atoms with Gasteiger partial charge in [-0.1, -0.05) is 0 Å². The lowest BCUT2D eigenvalue weighted by molar-refractivity contribution is 0.0122. The summed E-state index contributed by atoms with van der Waals surface area (Å²) in [5.41, 5.74) is 3.66. The maximum absolute atomic E-state index is 13.4. The molecule has 4 aromatic rings. The van der Waals surface area contributed by atoms with Gasteiger partial charge in [0.15, 0.2) is 0 Å². The topological polar surface area (TPSA) is 118 Å². The van der Waals surface area contributed by atoms with Crippen LogP contribution >= 0.6 is 23.1 Å². The highest BCUT2D eigenvalue weighted by molar-refractivity contribution is 9.10. The quantitative estimate of drug-likeness (QED) is 0.222. The first-order valence-corrected chi connectivity index (χ1v) is 18.1. The molecule has 0 amide bonds. The van der Waals surface area contributed by atoms with E-state index in [9.17, 15) is 4.57 Å². The van der Waals surface area contributed by atoms with Gasteiger partial charge in [-0.2, -0.15) is 4.98 Å². The number of nitrogens with one attached hydrogen (secondary N) is 2. The number of likely N-dealkylation sites (tertiary alicyclic amines) is 2. The minimum Gasteiger partial charge on any atom is -0.494 e. The number of aryl methyl sites for hydroxylation is 1. The second-order valence-electron chi connectivity index (χ2n) is 11.9. The van der Waals surface area contributed by atoms with Crippen LogP contribution in [0.2, 0.25) is 0 Å². The summed E-state index contributed by atoms with van der Waals surface area (Å²) in [5, 5.41) is 7.27. The van der Waals surface area contributed by atoms with Crippen molar-refractivity contribution in [2.75, 3.05) is 64.3 Å². The van der Waals surface area contributed by atoms with Gasteiger partial charge in [0.25, 0.3) is 0 Å². The van der Waals surface area contributed by atoms with E-state index in [0.717, 1.165) is 56.0 Å². The molecule has 0 radical (unpaired) electrons. The van der Waals surface area contributed by atoms with Crippen LogP contribution in [0.25, 0.3) is 11.0 Å². The molecule has 6 rings (SSSR count). The smallest absolute Gasteiger partial charge is 0.229 e. The van der Waals surface area contributed by atoms with Crippen LogP contribution in [0.15, 0.2) is 47.3 Å². The molecule has 2 aromatic heterocycles. The van der Waals surface area contributed by atoms with Crippen LogP contribution in [0.1, 0.15) is 18.4 Å². The number of rotatable bonds is 9. The molecule has 13 heteroatoms. The minimum atomic E-state index is -2.74. The summed E-state index contributed by atoms with van der Waals surface area (Å²) >= 11 is 3.56. The summed E-state index contributed by atoms with van der Waals surface area (Å²) in [6, 6.07) is 8.33. The number of methoxy groups -OCH3 is 1. The van der Waals surface area contributed by atoms with E-state index in [1.165, 1.54) is 0 Å². The van der Waals surface area contributed by atoms with Crippen molar-refractivity contribution in [3.63, 3.8) is 0 Å². The number of halogens is 1. The van der Waals surface area contributed by atoms with Crippen LogP contribution in [0, 0.1) is 6.92 Å². The zero-order valence-corrected chi connectivity index (χ0v) is 28.2. The Bertz CT molecular complexity index is 1720. The highest BCUT2D eigenvalue weighted by Crippen LogP contribution is 2.41. The van der Waals surface area contributed by atoms with E-state index in [0.29, 0.717) is 50.1 Å². The van der Waals surface area contributed by atoms with Crippen LogP contribution in [0.5, 0.6) is 11.5 Å². The van der Waals surface area contributed by atoms with E-state index in [4.69, 9.17) is 14.5 Å². The Kier molecular flexibility index (Phi) is 8.79. The highest BCUT2D eigenvalue weighted by atomic mass is 79.9. The molecule has 2 saturated heterocycles. The third-order valence-corrected chi connectivity index (χ3v) is 10.3. The Morgan fingerprint density at radius 2 is 1.75 bits per heavy atom. The van der Waals surface area contributed by atoms with E-state index < -0.39 is 7.14 Å². The number of likely N-dealkylation sites (N-methyl/N-ethyl adjacent to an activating group) is 1. The molecule has 0 saturated carbocycles. The van der Waals surface area contributed by atoms with Crippen LogP contribution in [-0.4, -0.2) is 95.5 Å². The van der Waals surface area contributed by atoms with E-state index in [1.54, 1.807) is 39.0 Å². The summed E-state index contributed by atoms with van der Waals surface area (Å²) < 4.78 is 26.2. The lowest BCUT2D eigenvalue weighted by Gasteiger charge is -2.46. The molecule has 2 aliphatic heterocycles. The molecule has 2 fully saturated rings. The number of nitrogens with zero attached hydrogens (tertiary/aromatic N) is 6. The summed E-state index contributed by atoms with van der Waals surface area (Å²) in [6.07, 6.45) is 7.12. The molecule has 4 heterocycles. The van der Waals surface area contributed by atoms with E-state index in [-0.39, 0.29) is 6.10 Å². The van der Waals surface area contributed by atoms with Crippen molar-refractivity contribution in [2.24, 2.45) is 0 Å². The average Bonchev–Trinajstić information content (AvgIpc) is 2.98. The number of piperidine rings is 1. The molecule has 2 N–H and O–H groups in total. The van der Waals surface area contributed by atoms with Crippen LogP contribution in [0.4, 0.5) is 23.1 Å². The van der Waals surface area contributed by atoms with E-state index in [1.807, 2.05) is 31.2 Å². The molecule has 232 valence electrons. The first-order valence-electron chi connectivity index (χ1n) is 14.7. The fourth-order valence-electron chi connectivity index (χ4n) is 5.93. The summed E-state index contributed by atoms with van der Waals surface area (Å²) in [5.74, 6) is 2.34. The van der Waals surface area contributed by atoms with E-state index in [2.05, 4.69) is 58.4 Å². The lowest BCUT2D eigenvalue weighted by Crippen LogP contribution is -2.59. The number of fused-ring (bicyclic) bond motifs is 1. The Morgan fingerprint density at radius 3 is 2.45 bits per heavy atom. The molecular weight excluding hydrogens is 643 g/mol. The number of anilines is 4. The van der Waals surface area contributed by atoms with Crippen molar-refractivity contribution in [3.8, 4) is 11.5 Å². The number of aromatic nitrogens is 4. The van der Waals surface area contributed by atoms with Crippen molar-refractivity contribution < 1.29 is 14.0 Å². The number of ether oxygens (including phenoxy) is 2. The van der Waals surface area contributed by atoms with Crippen molar-refractivity contribution >= 4 is 62.6 Å². The maximum atomic E-state index is 13.4. The summed E-state index contributed by atoms with van der Waals surface area (Å²) in [7, 11) is 1.08. The third-order valence-electron chi connectivity index (χ3n) is 8.22. The second kappa shape index (κ2) is 12.6. The first-order chi connectivity index (χ1) is 21.1. The second-order valence-corrected chi connectivity index (χ2v) is 15.9. The predicted octanol–water partition coefficient (Wildman–Crippen LogP) is 5.39. The number of hydrogen-bond acceptors (Lipinski definition) is 11. The van der Waals surface area contributed by atoms with Gasteiger partial charge < -0.3 is 29.6 Å². The molecule has 11 nitrogen and oxygen atoms in total. The Labute approximate surface area is 266 Å². The van der Waals surface area contributed by atoms with Crippen LogP contribution < -0.4 is 25.4 Å². The van der Waals surface area contributed by atoms with Gasteiger partial charge in [-0.05, 0) is 79.8 Å². The lowest BCUT2D eigenvalue weighted by atomic mass is 10.0. The number of benzene rings is 2. The van der Waals surface area contributed by atoms with Gasteiger partial charge in [0, 0.05) is 56.9 Å². The molecule has 0 spiro atoms. The van der Waals surface area contributed by atoms with Crippen molar-refractivity contribution in [2.45, 2.75) is 31.9 Å². The van der Waals surface area contributed by atoms with Gasteiger partial charge in [-0.15, -0.1) is 0 Å². The van der Waals surface area contributed by atoms with Gasteiger partial charge in [0.1, 0.15) is 36.1 Å². The largest absolute Gasteiger partial charge is 0.494 e. The molecule has 2 aliphatic rings. The first kappa shape index (κ1) is 30.7. The van der Waals surface area contributed by atoms with Gasteiger partial charge in [-0.3, -0.25) is 14.9 Å². The molecule has 2 aromatic carbocycles. The fraction of sp³-hybridized carbons (Fsp3) is 0.419. The SMILES string of the molecule is COc1cc(OC2CCN(C3CN(C)C3)CC2)c(C)cc1Nc1ncc(Br)c(Nc2ccc3nccnc3c2P(C)(C)=O)n1. The Hall–Kier alpha value is -3.31. The van der Waals surface area contributed by atoms with Gasteiger partial charge in [-0.25, -0.2) is 4.98 Å². The molecular formula is C31H38BrN8O3P. The highest BCUT2D eigenvalue weighted by Gasteiger charge is 2.32. The van der Waals surface area contributed by atoms with Crippen LogP contribution in [-0.2, 0) is 4.57 Å². The molecule has 0 bridgehead atoms. The molecule has 0 unspecified atom stereocenters. The predicted molar refractivity (Wildman–Crippen MR) is 179 cm³/mol. The van der Waals surface area contributed by atoms with Crippen molar-refractivity contribution in [3.05, 3.63) is 52.9 Å². The third kappa shape index (κ3) is 6.54. The van der Waals surface area contributed by atoms with Crippen molar-refractivity contribution in [1.82, 2.24) is 29.7 Å². The Morgan fingerprint density at radius 1 is 1.00 bits per heavy atom. The molecule has 44 heavy (non-hydrogen) atoms. The zero-order valence-electron chi connectivity index (χ0n) is 25.7. The van der Waals surface area contributed by atoms with Crippen molar-refractivity contribution in [1.29, 1.82) is 0 Å². The van der Waals surface area contributed by atoms with E-state index >= 15 is 0 Å². The average molecular weight is 682 g/mol. The maximum Gasteiger partial charge on any atom is 0.229 e. The van der Waals surface area contributed by atoms with Crippen LogP contribution in [0.3, 0.4) is 0 Å². The molecule has 0 aliphatic carbocycles. The monoisotopic (exact) mass is 680 g/mol. The zero-order chi connectivity index (χ0) is 31.0. The molecule has 0 atom stereocenters. The minimum absolute atomic E-state index is 0.183. The summed E-state index contributed by atoms with van der Waals surface area (Å²) in [6.45, 7) is 9.94. The Balaban J connectivity index is 1.19.